The Balaban J connectivity index is 1.26. The zero-order valence-corrected chi connectivity index (χ0v) is 24.2. The Morgan fingerprint density at radius 2 is 1.88 bits per heavy atom. The Kier molecular flexibility index (Phi) is 7.71. The van der Waals surface area contributed by atoms with Gasteiger partial charge in [0.2, 0.25) is 11.8 Å². The van der Waals surface area contributed by atoms with Gasteiger partial charge in [-0.05, 0) is 61.6 Å². The smallest absolute Gasteiger partial charge is 0.344 e. The Morgan fingerprint density at radius 1 is 1.10 bits per heavy atom. The molecule has 218 valence electrons. The lowest BCUT2D eigenvalue weighted by Gasteiger charge is -2.43. The van der Waals surface area contributed by atoms with Gasteiger partial charge in [0.1, 0.15) is 5.75 Å². The highest BCUT2D eigenvalue weighted by Crippen LogP contribution is 2.68. The van der Waals surface area contributed by atoms with Crippen molar-refractivity contribution >= 4 is 46.9 Å². The fourth-order valence-corrected chi connectivity index (χ4v) is 10.4. The molecule has 0 spiro atoms. The number of likely N-dealkylation sites (tertiary alicyclic amines) is 1. The summed E-state index contributed by atoms with van der Waals surface area (Å²) in [5.41, 5.74) is 0.953. The normalized spacial score (nSPS) is 29.3. The summed E-state index contributed by atoms with van der Waals surface area (Å²) in [6, 6.07) is 7.55. The Morgan fingerprint density at radius 3 is 2.63 bits per heavy atom. The Hall–Kier alpha value is -3.12. The molecule has 0 radical (unpaired) electrons. The number of thiazole rings is 1. The van der Waals surface area contributed by atoms with Crippen LogP contribution in [0.3, 0.4) is 0 Å². The number of imide groups is 1. The summed E-state index contributed by atoms with van der Waals surface area (Å²) >= 11 is 2.83. The number of carbonyl (C=O) groups excluding carboxylic acids is 3. The maximum atomic E-state index is 13.7. The number of aromatic nitrogens is 1. The SMILES string of the molecule is CCOC(=O)COc1cccc([C@H]2c3sc(=O)[nH]c3SC3C4CC(C5C(=O)N(CCCCCC(=O)O)C(=O)C45)C32)c1. The van der Waals surface area contributed by atoms with Crippen LogP contribution >= 0.6 is 23.1 Å². The number of carboxylic acid groups (broad SMARTS) is 1. The number of amides is 2. The number of nitrogens with one attached hydrogen (secondary N) is 1. The van der Waals surface area contributed by atoms with E-state index in [0.29, 0.717) is 31.6 Å². The quantitative estimate of drug-likeness (QED) is 0.225. The molecule has 10 nitrogen and oxygen atoms in total. The van der Waals surface area contributed by atoms with E-state index in [4.69, 9.17) is 14.6 Å². The molecule has 1 aromatic carbocycles. The molecule has 4 aliphatic rings. The lowest BCUT2D eigenvalue weighted by atomic mass is 9.68. The van der Waals surface area contributed by atoms with Crippen LogP contribution in [0.5, 0.6) is 5.75 Å². The molecule has 7 atom stereocenters. The van der Waals surface area contributed by atoms with E-state index in [-0.39, 0.29) is 77.1 Å². The van der Waals surface area contributed by atoms with Gasteiger partial charge in [-0.15, -0.1) is 11.8 Å². The standard InChI is InChI=1S/C29H32N2O8S2/c1-2-38-19(34)13-39-15-8-6-7-14(11-15)20-21-16-12-17(24(21)40-26-25(20)41-29(37)30-26)23-22(16)27(35)31(28(23)36)10-5-3-4-9-18(32)33/h6-8,11,16-17,20-24H,2-5,9-10,12-13H2,1H3,(H,30,37)(H,32,33)/t16?,17?,20-,21?,22?,23?,24?/m1/s1. The molecule has 2 amide bonds. The van der Waals surface area contributed by atoms with Crippen LogP contribution in [0.25, 0.3) is 0 Å². The summed E-state index contributed by atoms with van der Waals surface area (Å²) < 4.78 is 10.7. The number of rotatable bonds is 11. The van der Waals surface area contributed by atoms with Gasteiger partial charge in [0.05, 0.1) is 23.5 Å². The molecular weight excluding hydrogens is 568 g/mol. The minimum absolute atomic E-state index is 0.00965. The molecule has 3 fully saturated rings. The monoisotopic (exact) mass is 600 g/mol. The molecular formula is C29H32N2O8S2. The maximum absolute atomic E-state index is 13.7. The number of aromatic amines is 1. The van der Waals surface area contributed by atoms with E-state index in [9.17, 15) is 24.0 Å². The number of benzene rings is 1. The number of fused-ring (bicyclic) bond motifs is 9. The van der Waals surface area contributed by atoms with Gasteiger partial charge in [-0.1, -0.05) is 29.9 Å². The first kappa shape index (κ1) is 28.0. The van der Waals surface area contributed by atoms with E-state index in [2.05, 4.69) is 4.98 Å². The van der Waals surface area contributed by atoms with E-state index in [0.717, 1.165) is 21.9 Å². The van der Waals surface area contributed by atoms with E-state index in [1.165, 1.54) is 16.2 Å². The van der Waals surface area contributed by atoms with Crippen LogP contribution in [0.4, 0.5) is 0 Å². The van der Waals surface area contributed by atoms with Gasteiger partial charge in [0.25, 0.3) is 0 Å². The molecule has 2 aliphatic heterocycles. The number of nitrogens with zero attached hydrogens (tertiary/aromatic N) is 1. The molecule has 6 rings (SSSR count). The number of carbonyl (C=O) groups is 4. The summed E-state index contributed by atoms with van der Waals surface area (Å²) in [5.74, 6) is -1.70. The topological polar surface area (TPSA) is 143 Å². The lowest BCUT2D eigenvalue weighted by molar-refractivity contribution is -0.145. The molecule has 2 bridgehead atoms. The third-order valence-corrected chi connectivity index (χ3v) is 11.6. The number of hydrogen-bond donors (Lipinski definition) is 2. The Bertz CT molecular complexity index is 1440. The van der Waals surface area contributed by atoms with Gasteiger partial charge in [0, 0.05) is 29.0 Å². The van der Waals surface area contributed by atoms with Crippen molar-refractivity contribution in [2.45, 2.75) is 55.2 Å². The van der Waals surface area contributed by atoms with Gasteiger partial charge in [0.15, 0.2) is 6.61 Å². The van der Waals surface area contributed by atoms with Crippen molar-refractivity contribution in [3.8, 4) is 5.75 Å². The number of H-pyrrole nitrogens is 1. The van der Waals surface area contributed by atoms with Crippen molar-refractivity contribution in [3.63, 3.8) is 0 Å². The molecule has 2 aromatic rings. The van der Waals surface area contributed by atoms with E-state index in [1.807, 2.05) is 18.2 Å². The minimum atomic E-state index is -0.843. The van der Waals surface area contributed by atoms with Gasteiger partial charge >= 0.3 is 16.8 Å². The van der Waals surface area contributed by atoms with E-state index in [1.54, 1.807) is 24.8 Å². The van der Waals surface area contributed by atoms with E-state index < -0.39 is 11.9 Å². The number of ether oxygens (including phenoxy) is 2. The summed E-state index contributed by atoms with van der Waals surface area (Å²) in [6.07, 6.45) is 2.66. The maximum Gasteiger partial charge on any atom is 0.344 e. The van der Waals surface area contributed by atoms with Crippen molar-refractivity contribution in [1.82, 2.24) is 9.88 Å². The van der Waals surface area contributed by atoms with Gasteiger partial charge < -0.3 is 19.6 Å². The average molecular weight is 601 g/mol. The van der Waals surface area contributed by atoms with Crippen molar-refractivity contribution in [1.29, 1.82) is 0 Å². The number of aliphatic carboxylic acids is 1. The summed E-state index contributed by atoms with van der Waals surface area (Å²) in [4.78, 5) is 67.6. The number of thioether (sulfide) groups is 1. The lowest BCUT2D eigenvalue weighted by Crippen LogP contribution is -2.42. The third kappa shape index (κ3) is 4.98. The Labute approximate surface area is 244 Å². The first-order chi connectivity index (χ1) is 19.8. The largest absolute Gasteiger partial charge is 0.482 e. The predicted octanol–water partition coefficient (Wildman–Crippen LogP) is 3.50. The first-order valence-electron chi connectivity index (χ1n) is 14.1. The van der Waals surface area contributed by atoms with Gasteiger partial charge in [-0.3, -0.25) is 24.1 Å². The zero-order valence-electron chi connectivity index (χ0n) is 22.6. The highest BCUT2D eigenvalue weighted by atomic mass is 32.2. The molecule has 41 heavy (non-hydrogen) atoms. The molecule has 3 heterocycles. The summed E-state index contributed by atoms with van der Waals surface area (Å²) in [7, 11) is 0. The second-order valence-corrected chi connectivity index (χ2v) is 13.4. The van der Waals surface area contributed by atoms with Crippen molar-refractivity contribution in [3.05, 3.63) is 44.4 Å². The number of esters is 1. The van der Waals surface area contributed by atoms with Crippen LogP contribution in [0.2, 0.25) is 0 Å². The zero-order chi connectivity index (χ0) is 28.8. The van der Waals surface area contributed by atoms with E-state index >= 15 is 0 Å². The number of unbranched alkanes of at least 4 members (excludes halogenated alkanes) is 2. The fraction of sp³-hybridized carbons (Fsp3) is 0.552. The van der Waals surface area contributed by atoms with Crippen LogP contribution in [0.15, 0.2) is 34.1 Å². The molecule has 12 heteroatoms. The average Bonchev–Trinajstić information content (AvgIpc) is 3.67. The molecule has 6 unspecified atom stereocenters. The van der Waals surface area contributed by atoms with Crippen molar-refractivity contribution in [2.75, 3.05) is 19.8 Å². The van der Waals surface area contributed by atoms with Crippen LogP contribution in [0.1, 0.15) is 55.4 Å². The second-order valence-electron chi connectivity index (χ2n) is 11.2. The highest BCUT2D eigenvalue weighted by Gasteiger charge is 2.69. The highest BCUT2D eigenvalue weighted by molar-refractivity contribution is 8.00. The van der Waals surface area contributed by atoms with Gasteiger partial charge in [-0.25, -0.2) is 4.79 Å². The number of carboxylic acids is 1. The summed E-state index contributed by atoms with van der Waals surface area (Å²) in [5, 5.41) is 9.79. The molecule has 2 aliphatic carbocycles. The second kappa shape index (κ2) is 11.3. The summed E-state index contributed by atoms with van der Waals surface area (Å²) in [6.45, 7) is 2.13. The van der Waals surface area contributed by atoms with Crippen molar-refractivity contribution in [2.24, 2.45) is 29.6 Å². The van der Waals surface area contributed by atoms with Crippen LogP contribution in [-0.2, 0) is 23.9 Å². The molecule has 1 aromatic heterocycles. The predicted molar refractivity (Wildman–Crippen MR) is 150 cm³/mol. The number of hydrogen-bond acceptors (Lipinski definition) is 9. The first-order valence-corrected chi connectivity index (χ1v) is 15.8. The van der Waals surface area contributed by atoms with Crippen LogP contribution in [0, 0.1) is 29.6 Å². The van der Waals surface area contributed by atoms with Crippen molar-refractivity contribution < 1.29 is 33.8 Å². The molecule has 2 saturated carbocycles. The molecule has 2 N–H and O–H groups in total. The van der Waals surface area contributed by atoms with Crippen LogP contribution < -0.4 is 9.61 Å². The third-order valence-electron chi connectivity index (χ3n) is 8.97. The van der Waals surface area contributed by atoms with Crippen LogP contribution in [-0.4, -0.2) is 63.8 Å². The van der Waals surface area contributed by atoms with Gasteiger partial charge in [-0.2, -0.15) is 0 Å². The minimum Gasteiger partial charge on any atom is -0.482 e. The molecule has 1 saturated heterocycles. The fourth-order valence-electron chi connectivity index (χ4n) is 7.54.